The van der Waals surface area contributed by atoms with E-state index in [1.165, 1.54) is 12.1 Å². The van der Waals surface area contributed by atoms with E-state index in [9.17, 15) is 26.3 Å². The number of ether oxygens (including phenoxy) is 1. The van der Waals surface area contributed by atoms with E-state index in [2.05, 4.69) is 9.88 Å². The highest BCUT2D eigenvalue weighted by Crippen LogP contribution is 2.49. The van der Waals surface area contributed by atoms with Crippen LogP contribution in [0.25, 0.3) is 10.9 Å². The van der Waals surface area contributed by atoms with Crippen LogP contribution in [-0.2, 0) is 17.1 Å². The first-order chi connectivity index (χ1) is 16.0. The van der Waals surface area contributed by atoms with Crippen LogP contribution in [0.1, 0.15) is 54.0 Å². The number of rotatable bonds is 2. The molecule has 3 nitrogen and oxygen atoms in total. The molecule has 2 aliphatic heterocycles. The first-order valence-corrected chi connectivity index (χ1v) is 11.2. The largest absolute Gasteiger partial charge is 0.433 e. The van der Waals surface area contributed by atoms with Crippen molar-refractivity contribution in [2.75, 3.05) is 6.54 Å². The monoisotopic (exact) mass is 500 g/mol. The van der Waals surface area contributed by atoms with E-state index in [1.54, 1.807) is 24.3 Å². The maximum absolute atomic E-state index is 13.7. The van der Waals surface area contributed by atoms with Crippen LogP contribution in [0.3, 0.4) is 0 Å². The minimum atomic E-state index is -4.91. The van der Waals surface area contributed by atoms with Gasteiger partial charge < -0.3 is 4.74 Å². The molecule has 0 saturated carbocycles. The van der Waals surface area contributed by atoms with Crippen molar-refractivity contribution in [2.45, 2.75) is 50.0 Å². The Morgan fingerprint density at radius 3 is 2.35 bits per heavy atom. The predicted octanol–water partition coefficient (Wildman–Crippen LogP) is 7.55. The van der Waals surface area contributed by atoms with Gasteiger partial charge in [-0.25, -0.2) is 4.98 Å². The van der Waals surface area contributed by atoms with Crippen molar-refractivity contribution in [2.24, 2.45) is 0 Å². The average Bonchev–Trinajstić information content (AvgIpc) is 3.17. The zero-order chi connectivity index (χ0) is 24.3. The van der Waals surface area contributed by atoms with Crippen molar-refractivity contribution in [1.82, 2.24) is 9.88 Å². The third kappa shape index (κ3) is 4.14. The summed E-state index contributed by atoms with van der Waals surface area (Å²) in [6.07, 6.45) is -8.78. The van der Waals surface area contributed by atoms with Crippen LogP contribution in [0.15, 0.2) is 48.5 Å². The molecule has 2 saturated heterocycles. The highest BCUT2D eigenvalue weighted by molar-refractivity contribution is 6.30. The molecule has 1 aromatic heterocycles. The van der Waals surface area contributed by atoms with Crippen molar-refractivity contribution < 1.29 is 31.1 Å². The summed E-state index contributed by atoms with van der Waals surface area (Å²) < 4.78 is 88.5. The average molecular weight is 501 g/mol. The quantitative estimate of drug-likeness (QED) is 0.340. The number of aromatic nitrogens is 1. The van der Waals surface area contributed by atoms with Crippen molar-refractivity contribution in [1.29, 1.82) is 0 Å². The van der Waals surface area contributed by atoms with E-state index in [4.69, 9.17) is 16.3 Å². The van der Waals surface area contributed by atoms with Gasteiger partial charge in [0.05, 0.1) is 11.1 Å². The van der Waals surface area contributed by atoms with Gasteiger partial charge in [-0.2, -0.15) is 26.3 Å². The molecule has 0 spiro atoms. The molecule has 5 rings (SSSR count). The molecule has 34 heavy (non-hydrogen) atoms. The molecule has 2 aromatic carbocycles. The van der Waals surface area contributed by atoms with Crippen molar-refractivity contribution in [3.63, 3.8) is 0 Å². The first kappa shape index (κ1) is 23.4. The molecular formula is C24H19ClF6N2O. The van der Waals surface area contributed by atoms with Gasteiger partial charge in [0.25, 0.3) is 0 Å². The summed E-state index contributed by atoms with van der Waals surface area (Å²) >= 11 is 6.00. The van der Waals surface area contributed by atoms with Gasteiger partial charge in [-0.3, -0.25) is 4.90 Å². The van der Waals surface area contributed by atoms with Crippen LogP contribution in [0, 0.1) is 0 Å². The lowest BCUT2D eigenvalue weighted by molar-refractivity contribution is -0.142. The van der Waals surface area contributed by atoms with Crippen molar-refractivity contribution in [3.8, 4) is 0 Å². The summed E-state index contributed by atoms with van der Waals surface area (Å²) in [5.74, 6) is 0. The number of para-hydroxylation sites is 1. The van der Waals surface area contributed by atoms with Gasteiger partial charge in [-0.1, -0.05) is 42.3 Å². The fourth-order valence-electron chi connectivity index (χ4n) is 4.97. The molecule has 0 N–H and O–H groups in total. The van der Waals surface area contributed by atoms with Crippen LogP contribution >= 0.6 is 11.6 Å². The van der Waals surface area contributed by atoms with E-state index in [-0.39, 0.29) is 17.0 Å². The number of hydrogen-bond acceptors (Lipinski definition) is 3. The van der Waals surface area contributed by atoms with E-state index in [1.807, 2.05) is 0 Å². The fourth-order valence-corrected chi connectivity index (χ4v) is 5.09. The molecule has 1 unspecified atom stereocenters. The van der Waals surface area contributed by atoms with Gasteiger partial charge in [-0.15, -0.1) is 0 Å². The van der Waals surface area contributed by atoms with Gasteiger partial charge in [0.2, 0.25) is 0 Å². The number of halogens is 7. The van der Waals surface area contributed by atoms with Gasteiger partial charge in [-0.05, 0) is 48.2 Å². The van der Waals surface area contributed by atoms with E-state index in [0.717, 1.165) is 30.5 Å². The van der Waals surface area contributed by atoms with Crippen LogP contribution in [0.5, 0.6) is 0 Å². The van der Waals surface area contributed by atoms with Crippen molar-refractivity contribution in [3.05, 3.63) is 75.9 Å². The normalized spacial score (nSPS) is 23.9. The van der Waals surface area contributed by atoms with Crippen molar-refractivity contribution >= 4 is 22.5 Å². The molecule has 0 aliphatic carbocycles. The Morgan fingerprint density at radius 2 is 1.68 bits per heavy atom. The maximum Gasteiger partial charge on any atom is 0.433 e. The molecular weight excluding hydrogens is 482 g/mol. The summed E-state index contributed by atoms with van der Waals surface area (Å²) in [7, 11) is 0. The molecule has 2 fully saturated rings. The Hall–Kier alpha value is -2.36. The SMILES string of the molecule is FC(F)(F)c1cc([C@@H]2OC(c3ccc(Cl)cc3)N3CCCC[C@H]23)c2cccc(C(F)(F)F)c2n1. The zero-order valence-corrected chi connectivity index (χ0v) is 18.4. The van der Waals surface area contributed by atoms with E-state index >= 15 is 0 Å². The molecule has 180 valence electrons. The molecule has 0 amide bonds. The summed E-state index contributed by atoms with van der Waals surface area (Å²) in [5, 5.41) is 0.540. The first-order valence-electron chi connectivity index (χ1n) is 10.8. The van der Waals surface area contributed by atoms with Crippen LogP contribution in [-0.4, -0.2) is 22.5 Å². The lowest BCUT2D eigenvalue weighted by atomic mass is 9.91. The Balaban J connectivity index is 1.69. The molecule has 3 heterocycles. The number of fused-ring (bicyclic) bond motifs is 2. The predicted molar refractivity (Wildman–Crippen MR) is 114 cm³/mol. The highest BCUT2D eigenvalue weighted by atomic mass is 35.5. The van der Waals surface area contributed by atoms with Crippen LogP contribution in [0.4, 0.5) is 26.3 Å². The summed E-state index contributed by atoms with van der Waals surface area (Å²) in [4.78, 5) is 5.48. The molecule has 0 radical (unpaired) electrons. The molecule has 10 heteroatoms. The second-order valence-electron chi connectivity index (χ2n) is 8.56. The topological polar surface area (TPSA) is 25.4 Å². The standard InChI is InChI=1S/C24H19ClF6N2O/c25-14-9-7-13(8-10-14)22-33-11-2-1-6-18(33)21(34-22)16-12-19(24(29,30)31)32-20-15(16)4-3-5-17(20)23(26,27)28/h3-5,7-10,12,18,21-22H,1-2,6,11H2/t18-,21+,22?/m1/s1. The number of benzene rings is 2. The lowest BCUT2D eigenvalue weighted by Crippen LogP contribution is -2.37. The minimum absolute atomic E-state index is 0.00936. The Bertz CT molecular complexity index is 1210. The number of pyridine rings is 1. The van der Waals surface area contributed by atoms with Gasteiger partial charge >= 0.3 is 12.4 Å². The van der Waals surface area contributed by atoms with Crippen LogP contribution < -0.4 is 0 Å². The molecule has 2 aliphatic rings. The van der Waals surface area contributed by atoms with Gasteiger partial charge in [0.15, 0.2) is 0 Å². The molecule has 0 bridgehead atoms. The lowest BCUT2D eigenvalue weighted by Gasteiger charge is -2.33. The number of nitrogens with zero attached hydrogens (tertiary/aromatic N) is 2. The number of hydrogen-bond donors (Lipinski definition) is 0. The second kappa shape index (κ2) is 8.39. The van der Waals surface area contributed by atoms with Gasteiger partial charge in [0, 0.05) is 23.0 Å². The highest BCUT2D eigenvalue weighted by Gasteiger charge is 2.46. The second-order valence-corrected chi connectivity index (χ2v) is 8.99. The third-order valence-electron chi connectivity index (χ3n) is 6.45. The van der Waals surface area contributed by atoms with E-state index < -0.39 is 41.5 Å². The Labute approximate surface area is 196 Å². The smallest absolute Gasteiger partial charge is 0.349 e. The summed E-state index contributed by atoms with van der Waals surface area (Å²) in [6.45, 7) is 0.664. The zero-order valence-electron chi connectivity index (χ0n) is 17.6. The summed E-state index contributed by atoms with van der Waals surface area (Å²) in [5.41, 5.74) is -2.44. The van der Waals surface area contributed by atoms with Crippen LogP contribution in [0.2, 0.25) is 5.02 Å². The summed E-state index contributed by atoms with van der Waals surface area (Å²) in [6, 6.07) is 10.8. The fraction of sp³-hybridized carbons (Fsp3) is 0.375. The Kier molecular flexibility index (Phi) is 5.77. The molecule has 3 atom stereocenters. The maximum atomic E-state index is 13.7. The number of alkyl halides is 6. The Morgan fingerprint density at radius 1 is 0.941 bits per heavy atom. The molecule has 3 aromatic rings. The van der Waals surface area contributed by atoms with E-state index in [0.29, 0.717) is 18.0 Å². The van der Waals surface area contributed by atoms with Gasteiger partial charge in [0.1, 0.15) is 18.0 Å². The minimum Gasteiger partial charge on any atom is -0.349 e. The number of piperidine rings is 1. The third-order valence-corrected chi connectivity index (χ3v) is 6.70.